The van der Waals surface area contributed by atoms with Crippen molar-refractivity contribution >= 4 is 5.91 Å². The Morgan fingerprint density at radius 3 is 2.92 bits per heavy atom. The predicted octanol–water partition coefficient (Wildman–Crippen LogP) is 2.60. The lowest BCUT2D eigenvalue weighted by atomic mass is 10.0. The summed E-state index contributed by atoms with van der Waals surface area (Å²) in [7, 11) is 0. The van der Waals surface area contributed by atoms with Crippen LogP contribution >= 0.6 is 0 Å². The van der Waals surface area contributed by atoms with Crippen LogP contribution < -0.4 is 4.74 Å². The van der Waals surface area contributed by atoms with E-state index in [9.17, 15) is 4.79 Å². The molecule has 0 saturated carbocycles. The van der Waals surface area contributed by atoms with E-state index in [2.05, 4.69) is 10.1 Å². The molecule has 3 rings (SSSR count). The monoisotopic (exact) mass is 329 g/mol. The van der Waals surface area contributed by atoms with E-state index in [-0.39, 0.29) is 5.91 Å². The lowest BCUT2D eigenvalue weighted by molar-refractivity contribution is -0.132. The highest BCUT2D eigenvalue weighted by Crippen LogP contribution is 2.22. The molecule has 0 unspecified atom stereocenters. The lowest BCUT2D eigenvalue weighted by Gasteiger charge is -2.28. The average molecular weight is 329 g/mol. The molecule has 0 bridgehead atoms. The van der Waals surface area contributed by atoms with E-state index in [0.717, 1.165) is 34.7 Å². The van der Waals surface area contributed by atoms with Gasteiger partial charge >= 0.3 is 0 Å². The molecule has 1 aliphatic rings. The number of carbonyl (C=O) groups is 1. The Balaban J connectivity index is 1.61. The smallest absolute Gasteiger partial charge is 0.223 e. The van der Waals surface area contributed by atoms with Crippen LogP contribution in [-0.4, -0.2) is 34.1 Å². The van der Waals surface area contributed by atoms with Gasteiger partial charge in [-0.2, -0.15) is 0 Å². The van der Waals surface area contributed by atoms with Gasteiger partial charge in [0, 0.05) is 37.6 Å². The fourth-order valence-corrected chi connectivity index (χ4v) is 3.09. The Bertz CT molecular complexity index is 720. The predicted molar refractivity (Wildman–Crippen MR) is 88.8 cm³/mol. The van der Waals surface area contributed by atoms with Crippen molar-refractivity contribution in [3.05, 3.63) is 40.4 Å². The quantitative estimate of drug-likeness (QED) is 0.843. The van der Waals surface area contributed by atoms with Crippen LogP contribution in [0.2, 0.25) is 0 Å². The average Bonchev–Trinajstić information content (AvgIpc) is 2.91. The standard InChI is InChI=1S/C18H23N3O3/c1-4-23-17-7-5-14-11-21(10-9-16(14)19-17)18(22)8-6-15-12(2)20-24-13(15)3/h5,7H,4,6,8-11H2,1-3H3. The number of amides is 1. The third kappa shape index (κ3) is 3.42. The van der Waals surface area contributed by atoms with Gasteiger partial charge in [0.1, 0.15) is 5.76 Å². The topological polar surface area (TPSA) is 68.5 Å². The maximum absolute atomic E-state index is 12.5. The lowest BCUT2D eigenvalue weighted by Crippen LogP contribution is -2.36. The van der Waals surface area contributed by atoms with E-state index in [0.29, 0.717) is 38.4 Å². The first kappa shape index (κ1) is 16.5. The zero-order chi connectivity index (χ0) is 17.1. The summed E-state index contributed by atoms with van der Waals surface area (Å²) >= 11 is 0. The fraction of sp³-hybridized carbons (Fsp3) is 0.500. The molecule has 3 heterocycles. The van der Waals surface area contributed by atoms with Crippen molar-refractivity contribution in [2.24, 2.45) is 0 Å². The van der Waals surface area contributed by atoms with Gasteiger partial charge in [-0.05, 0) is 32.8 Å². The second kappa shape index (κ2) is 7.03. The minimum Gasteiger partial charge on any atom is -0.478 e. The Kier molecular flexibility index (Phi) is 4.83. The van der Waals surface area contributed by atoms with Crippen LogP contribution in [-0.2, 0) is 24.2 Å². The normalized spacial score (nSPS) is 13.7. The SMILES string of the molecule is CCOc1ccc2c(n1)CCN(C(=O)CCc1c(C)noc1C)C2. The van der Waals surface area contributed by atoms with Gasteiger partial charge in [0.25, 0.3) is 0 Å². The highest BCUT2D eigenvalue weighted by molar-refractivity contribution is 5.76. The van der Waals surface area contributed by atoms with E-state index >= 15 is 0 Å². The van der Waals surface area contributed by atoms with Crippen LogP contribution in [0.5, 0.6) is 5.88 Å². The van der Waals surface area contributed by atoms with Crippen molar-refractivity contribution < 1.29 is 14.1 Å². The second-order valence-corrected chi connectivity index (χ2v) is 6.06. The highest BCUT2D eigenvalue weighted by atomic mass is 16.5. The minimum atomic E-state index is 0.162. The van der Waals surface area contributed by atoms with E-state index in [1.165, 1.54) is 0 Å². The summed E-state index contributed by atoms with van der Waals surface area (Å²) in [5.41, 5.74) is 4.06. The van der Waals surface area contributed by atoms with E-state index in [4.69, 9.17) is 9.26 Å². The number of hydrogen-bond donors (Lipinski definition) is 0. The summed E-state index contributed by atoms with van der Waals surface area (Å²) in [4.78, 5) is 19.0. The van der Waals surface area contributed by atoms with E-state index in [1.807, 2.05) is 37.8 Å². The van der Waals surface area contributed by atoms with Gasteiger partial charge in [0.05, 0.1) is 18.0 Å². The number of pyridine rings is 1. The molecule has 1 amide bonds. The molecule has 0 radical (unpaired) electrons. The molecular weight excluding hydrogens is 306 g/mol. The van der Waals surface area contributed by atoms with Crippen molar-refractivity contribution in [3.63, 3.8) is 0 Å². The Morgan fingerprint density at radius 1 is 1.38 bits per heavy atom. The summed E-state index contributed by atoms with van der Waals surface area (Å²) in [6, 6.07) is 3.89. The molecule has 1 aliphatic heterocycles. The molecule has 0 atom stereocenters. The summed E-state index contributed by atoms with van der Waals surface area (Å²) < 4.78 is 10.6. The Labute approximate surface area is 141 Å². The number of nitrogens with zero attached hydrogens (tertiary/aromatic N) is 3. The van der Waals surface area contributed by atoms with Gasteiger partial charge in [-0.25, -0.2) is 4.98 Å². The molecule has 24 heavy (non-hydrogen) atoms. The van der Waals surface area contributed by atoms with Gasteiger partial charge in [0.2, 0.25) is 11.8 Å². The van der Waals surface area contributed by atoms with Crippen molar-refractivity contribution in [2.45, 2.75) is 46.6 Å². The van der Waals surface area contributed by atoms with Gasteiger partial charge < -0.3 is 14.2 Å². The molecule has 6 heteroatoms. The molecule has 0 aliphatic carbocycles. The van der Waals surface area contributed by atoms with Crippen LogP contribution in [0.1, 0.15) is 41.6 Å². The number of aryl methyl sites for hydroxylation is 2. The number of hydrogen-bond acceptors (Lipinski definition) is 5. The van der Waals surface area contributed by atoms with Crippen molar-refractivity contribution in [2.75, 3.05) is 13.2 Å². The third-order valence-corrected chi connectivity index (χ3v) is 4.44. The highest BCUT2D eigenvalue weighted by Gasteiger charge is 2.22. The number of ether oxygens (including phenoxy) is 1. The van der Waals surface area contributed by atoms with Crippen LogP contribution in [0.15, 0.2) is 16.7 Å². The van der Waals surface area contributed by atoms with Crippen LogP contribution in [0.3, 0.4) is 0 Å². The van der Waals surface area contributed by atoms with Crippen molar-refractivity contribution in [1.82, 2.24) is 15.0 Å². The molecule has 0 aromatic carbocycles. The first-order valence-corrected chi connectivity index (χ1v) is 8.39. The van der Waals surface area contributed by atoms with E-state index in [1.54, 1.807) is 0 Å². The van der Waals surface area contributed by atoms with Gasteiger partial charge in [-0.15, -0.1) is 0 Å². The minimum absolute atomic E-state index is 0.162. The summed E-state index contributed by atoms with van der Waals surface area (Å²) in [6.45, 7) is 7.68. The van der Waals surface area contributed by atoms with Crippen molar-refractivity contribution in [3.8, 4) is 5.88 Å². The molecule has 0 fully saturated rings. The molecular formula is C18H23N3O3. The number of aromatic nitrogens is 2. The van der Waals surface area contributed by atoms with E-state index < -0.39 is 0 Å². The van der Waals surface area contributed by atoms with Crippen molar-refractivity contribution in [1.29, 1.82) is 0 Å². The van der Waals surface area contributed by atoms with Crippen LogP contribution in [0, 0.1) is 13.8 Å². The molecule has 2 aromatic rings. The molecule has 0 saturated heterocycles. The fourth-order valence-electron chi connectivity index (χ4n) is 3.09. The second-order valence-electron chi connectivity index (χ2n) is 6.06. The molecule has 128 valence electrons. The zero-order valence-electron chi connectivity index (χ0n) is 14.5. The molecule has 0 N–H and O–H groups in total. The number of fused-ring (bicyclic) bond motifs is 1. The van der Waals surface area contributed by atoms with Gasteiger partial charge in [-0.3, -0.25) is 4.79 Å². The summed E-state index contributed by atoms with van der Waals surface area (Å²) in [6.07, 6.45) is 1.92. The van der Waals surface area contributed by atoms with Gasteiger partial charge in [-0.1, -0.05) is 11.2 Å². The largest absolute Gasteiger partial charge is 0.478 e. The number of rotatable bonds is 5. The maximum atomic E-state index is 12.5. The molecule has 0 spiro atoms. The first-order valence-electron chi connectivity index (χ1n) is 8.39. The number of carbonyl (C=O) groups excluding carboxylic acids is 1. The maximum Gasteiger partial charge on any atom is 0.223 e. The van der Waals surface area contributed by atoms with Gasteiger partial charge in [0.15, 0.2) is 0 Å². The van der Waals surface area contributed by atoms with Crippen LogP contribution in [0.25, 0.3) is 0 Å². The summed E-state index contributed by atoms with van der Waals surface area (Å²) in [5, 5.41) is 3.94. The summed E-state index contributed by atoms with van der Waals surface area (Å²) in [5.74, 6) is 1.63. The Hall–Kier alpha value is -2.37. The Morgan fingerprint density at radius 2 is 2.21 bits per heavy atom. The molecule has 2 aromatic heterocycles. The third-order valence-electron chi connectivity index (χ3n) is 4.44. The van der Waals surface area contributed by atoms with Crippen LogP contribution in [0.4, 0.5) is 0 Å². The molecule has 6 nitrogen and oxygen atoms in total. The zero-order valence-corrected chi connectivity index (χ0v) is 14.5. The first-order chi connectivity index (χ1) is 11.6.